The van der Waals surface area contributed by atoms with Gasteiger partial charge < -0.3 is 10.0 Å². The van der Waals surface area contributed by atoms with E-state index in [0.717, 1.165) is 24.8 Å². The van der Waals surface area contributed by atoms with Crippen molar-refractivity contribution in [2.24, 2.45) is 5.92 Å². The van der Waals surface area contributed by atoms with E-state index < -0.39 is 11.5 Å². The molecule has 3 rings (SSSR count). The van der Waals surface area contributed by atoms with E-state index >= 15 is 0 Å². The van der Waals surface area contributed by atoms with Gasteiger partial charge in [0.25, 0.3) is 5.91 Å². The Morgan fingerprint density at radius 3 is 2.30 bits per heavy atom. The summed E-state index contributed by atoms with van der Waals surface area (Å²) in [5, 5.41) is 12.0. The van der Waals surface area contributed by atoms with Crippen molar-refractivity contribution in [1.29, 1.82) is 0 Å². The Morgan fingerprint density at radius 1 is 1.15 bits per heavy atom. The SMILES string of the molecule is CN(C(=O)c1ccc(CC2CC(=O)NC2=O)cc1)C1(C(=O)O)CCCCC1. The Morgan fingerprint density at radius 2 is 1.78 bits per heavy atom. The number of benzene rings is 1. The summed E-state index contributed by atoms with van der Waals surface area (Å²) >= 11 is 0. The number of nitrogens with zero attached hydrogens (tertiary/aromatic N) is 1. The summed E-state index contributed by atoms with van der Waals surface area (Å²) in [6, 6.07) is 6.82. The predicted molar refractivity (Wildman–Crippen MR) is 96.9 cm³/mol. The van der Waals surface area contributed by atoms with Gasteiger partial charge in [0.05, 0.1) is 5.92 Å². The van der Waals surface area contributed by atoms with Crippen LogP contribution in [0.15, 0.2) is 24.3 Å². The first-order valence-corrected chi connectivity index (χ1v) is 9.28. The van der Waals surface area contributed by atoms with E-state index in [1.54, 1.807) is 31.3 Å². The Balaban J connectivity index is 1.72. The van der Waals surface area contributed by atoms with Crippen LogP contribution in [0.5, 0.6) is 0 Å². The molecule has 0 aromatic heterocycles. The van der Waals surface area contributed by atoms with Crippen LogP contribution in [0.4, 0.5) is 0 Å². The lowest BCUT2D eigenvalue weighted by atomic mass is 9.80. The van der Waals surface area contributed by atoms with Gasteiger partial charge in [0.15, 0.2) is 0 Å². The molecule has 1 aliphatic carbocycles. The number of nitrogens with one attached hydrogen (secondary N) is 1. The molecule has 1 unspecified atom stereocenters. The average Bonchev–Trinajstić information content (AvgIpc) is 2.98. The van der Waals surface area contributed by atoms with E-state index in [1.807, 2.05) is 0 Å². The van der Waals surface area contributed by atoms with E-state index in [-0.39, 0.29) is 30.1 Å². The van der Waals surface area contributed by atoms with E-state index in [0.29, 0.717) is 24.8 Å². The number of imide groups is 1. The van der Waals surface area contributed by atoms with Gasteiger partial charge in [-0.3, -0.25) is 19.7 Å². The molecule has 144 valence electrons. The number of carbonyl (C=O) groups excluding carboxylic acids is 3. The highest BCUT2D eigenvalue weighted by Gasteiger charge is 2.45. The van der Waals surface area contributed by atoms with Crippen LogP contribution in [0, 0.1) is 5.92 Å². The molecule has 1 atom stereocenters. The molecule has 1 heterocycles. The number of carboxylic acid groups (broad SMARTS) is 1. The summed E-state index contributed by atoms with van der Waals surface area (Å²) in [5.74, 6) is -2.17. The molecule has 3 amide bonds. The van der Waals surface area contributed by atoms with Gasteiger partial charge in [0, 0.05) is 19.0 Å². The van der Waals surface area contributed by atoms with Crippen LogP contribution in [0.3, 0.4) is 0 Å². The third-order valence-corrected chi connectivity index (χ3v) is 5.77. The van der Waals surface area contributed by atoms with Crippen LogP contribution in [-0.4, -0.2) is 46.3 Å². The highest BCUT2D eigenvalue weighted by molar-refractivity contribution is 6.03. The summed E-state index contributed by atoms with van der Waals surface area (Å²) < 4.78 is 0. The topological polar surface area (TPSA) is 104 Å². The van der Waals surface area contributed by atoms with Gasteiger partial charge in [-0.15, -0.1) is 0 Å². The first kappa shape index (κ1) is 19.1. The number of carboxylic acids is 1. The number of amides is 3. The number of likely N-dealkylation sites (N-methyl/N-ethyl adjacent to an activating group) is 1. The van der Waals surface area contributed by atoms with Gasteiger partial charge >= 0.3 is 5.97 Å². The molecule has 7 nitrogen and oxygen atoms in total. The summed E-state index contributed by atoms with van der Waals surface area (Å²) in [4.78, 5) is 49.1. The second kappa shape index (κ2) is 7.50. The van der Waals surface area contributed by atoms with Gasteiger partial charge in [-0.25, -0.2) is 4.79 Å². The summed E-state index contributed by atoms with van der Waals surface area (Å²) in [6.07, 6.45) is 4.13. The normalized spacial score (nSPS) is 21.6. The first-order chi connectivity index (χ1) is 12.8. The van der Waals surface area contributed by atoms with Gasteiger partial charge in [0.1, 0.15) is 5.54 Å². The van der Waals surface area contributed by atoms with Crippen LogP contribution in [-0.2, 0) is 20.8 Å². The molecule has 0 radical (unpaired) electrons. The number of carbonyl (C=O) groups is 4. The smallest absolute Gasteiger partial charge is 0.329 e. The zero-order chi connectivity index (χ0) is 19.6. The molecule has 2 N–H and O–H groups in total. The van der Waals surface area contributed by atoms with Gasteiger partial charge in [-0.2, -0.15) is 0 Å². The maximum Gasteiger partial charge on any atom is 0.329 e. The van der Waals surface area contributed by atoms with Crippen LogP contribution in [0.1, 0.15) is 54.4 Å². The van der Waals surface area contributed by atoms with Crippen LogP contribution < -0.4 is 5.32 Å². The highest BCUT2D eigenvalue weighted by atomic mass is 16.4. The zero-order valence-electron chi connectivity index (χ0n) is 15.4. The lowest BCUT2D eigenvalue weighted by Crippen LogP contribution is -2.56. The van der Waals surface area contributed by atoms with Gasteiger partial charge in [-0.1, -0.05) is 31.4 Å². The third-order valence-electron chi connectivity index (χ3n) is 5.77. The van der Waals surface area contributed by atoms with E-state index in [9.17, 15) is 24.3 Å². The Bertz CT molecular complexity index is 765. The Hall–Kier alpha value is -2.70. The number of aliphatic carboxylic acids is 1. The molecule has 0 bridgehead atoms. The molecule has 1 aliphatic heterocycles. The Labute approximate surface area is 157 Å². The fraction of sp³-hybridized carbons (Fsp3) is 0.500. The second-order valence-corrected chi connectivity index (χ2v) is 7.48. The molecular formula is C20H24N2O5. The predicted octanol–water partition coefficient (Wildman–Crippen LogP) is 1.75. The molecule has 0 spiro atoms. The van der Waals surface area contributed by atoms with Crippen LogP contribution >= 0.6 is 0 Å². The minimum atomic E-state index is -1.14. The average molecular weight is 372 g/mol. The van der Waals surface area contributed by atoms with Crippen molar-refractivity contribution in [2.45, 2.75) is 50.5 Å². The van der Waals surface area contributed by atoms with Crippen molar-refractivity contribution in [2.75, 3.05) is 7.05 Å². The van der Waals surface area contributed by atoms with Crippen molar-refractivity contribution in [3.05, 3.63) is 35.4 Å². The minimum Gasteiger partial charge on any atom is -0.479 e. The highest BCUT2D eigenvalue weighted by Crippen LogP contribution is 2.34. The summed E-state index contributed by atoms with van der Waals surface area (Å²) in [5.41, 5.74) is 0.130. The molecule has 1 aromatic carbocycles. The van der Waals surface area contributed by atoms with Crippen molar-refractivity contribution < 1.29 is 24.3 Å². The van der Waals surface area contributed by atoms with E-state index in [2.05, 4.69) is 5.32 Å². The first-order valence-electron chi connectivity index (χ1n) is 9.28. The van der Waals surface area contributed by atoms with E-state index in [1.165, 1.54) is 4.90 Å². The molecule has 1 aromatic rings. The Kier molecular flexibility index (Phi) is 5.30. The maximum atomic E-state index is 12.9. The molecule has 7 heteroatoms. The third kappa shape index (κ3) is 3.72. The van der Waals surface area contributed by atoms with Crippen molar-refractivity contribution in [1.82, 2.24) is 10.2 Å². The second-order valence-electron chi connectivity index (χ2n) is 7.48. The minimum absolute atomic E-state index is 0.184. The largest absolute Gasteiger partial charge is 0.479 e. The molecule has 1 saturated heterocycles. The fourth-order valence-electron chi connectivity index (χ4n) is 4.06. The quantitative estimate of drug-likeness (QED) is 0.767. The maximum absolute atomic E-state index is 12.9. The van der Waals surface area contributed by atoms with Crippen molar-refractivity contribution in [3.8, 4) is 0 Å². The number of rotatable bonds is 5. The molecule has 27 heavy (non-hydrogen) atoms. The zero-order valence-corrected chi connectivity index (χ0v) is 15.4. The van der Waals surface area contributed by atoms with Crippen LogP contribution in [0.25, 0.3) is 0 Å². The van der Waals surface area contributed by atoms with E-state index in [4.69, 9.17) is 0 Å². The van der Waals surface area contributed by atoms with Crippen LogP contribution in [0.2, 0.25) is 0 Å². The summed E-state index contributed by atoms with van der Waals surface area (Å²) in [7, 11) is 1.56. The van der Waals surface area contributed by atoms with Crippen molar-refractivity contribution >= 4 is 23.7 Å². The van der Waals surface area contributed by atoms with Gasteiger partial charge in [-0.05, 0) is 37.0 Å². The monoisotopic (exact) mass is 372 g/mol. The molecule has 2 aliphatic rings. The molecule has 2 fully saturated rings. The van der Waals surface area contributed by atoms with Gasteiger partial charge in [0.2, 0.25) is 11.8 Å². The molecular weight excluding hydrogens is 348 g/mol. The fourth-order valence-corrected chi connectivity index (χ4v) is 4.06. The molecule has 1 saturated carbocycles. The number of hydrogen-bond acceptors (Lipinski definition) is 4. The summed E-state index contributed by atoms with van der Waals surface area (Å²) in [6.45, 7) is 0. The lowest BCUT2D eigenvalue weighted by molar-refractivity contribution is -0.151. The lowest BCUT2D eigenvalue weighted by Gasteiger charge is -2.41. The number of hydrogen-bond donors (Lipinski definition) is 2. The van der Waals surface area contributed by atoms with Crippen molar-refractivity contribution in [3.63, 3.8) is 0 Å². The standard InChI is InChI=1S/C20H24N2O5/c1-22(20(19(26)27)9-3-2-4-10-20)18(25)14-7-5-13(6-8-14)11-15-12-16(23)21-17(15)24/h5-8,15H,2-4,9-12H2,1H3,(H,26,27)(H,21,23,24).